The van der Waals surface area contributed by atoms with E-state index in [4.69, 9.17) is 5.84 Å². The minimum atomic E-state index is -0.217. The Balaban J connectivity index is 1.60. The zero-order valence-electron chi connectivity index (χ0n) is 16.9. The molecule has 4 N–H and O–H groups in total. The van der Waals surface area contributed by atoms with Crippen LogP contribution in [0.15, 0.2) is 43.1 Å². The number of nitrogens with zero attached hydrogens (tertiary/aromatic N) is 7. The molecule has 5 aromatic heterocycles. The number of carbonyl (C=O) groups excluding carboxylic acids is 1. The van der Waals surface area contributed by atoms with Gasteiger partial charge in [-0.15, -0.1) is 0 Å². The molecule has 0 spiro atoms. The van der Waals surface area contributed by atoms with E-state index in [-0.39, 0.29) is 12.3 Å². The second kappa shape index (κ2) is 7.53. The van der Waals surface area contributed by atoms with Gasteiger partial charge in [-0.2, -0.15) is 10.4 Å². The van der Waals surface area contributed by atoms with Crippen LogP contribution in [0.1, 0.15) is 18.9 Å². The number of anilines is 1. The second-order valence-electron chi connectivity index (χ2n) is 7.02. The van der Waals surface area contributed by atoms with Crippen LogP contribution >= 0.6 is 0 Å². The molecule has 0 bridgehead atoms. The molecule has 11 nitrogen and oxygen atoms in total. The Morgan fingerprint density at radius 3 is 2.78 bits per heavy atom. The van der Waals surface area contributed by atoms with E-state index in [2.05, 4.69) is 41.2 Å². The monoisotopic (exact) mass is 424 g/mol. The number of hydrogen-bond acceptors (Lipinski definition) is 8. The highest BCUT2D eigenvalue weighted by atomic mass is 16.2. The molecule has 0 aliphatic heterocycles. The number of fused-ring (bicyclic) bond motifs is 2. The number of nitrogens with one attached hydrogen (secondary N) is 2. The Labute approximate surface area is 180 Å². The summed E-state index contributed by atoms with van der Waals surface area (Å²) < 4.78 is 0. The number of imidazole rings is 1. The predicted octanol–water partition coefficient (Wildman–Crippen LogP) is 2.45. The van der Waals surface area contributed by atoms with Crippen LogP contribution in [0.25, 0.3) is 44.7 Å². The van der Waals surface area contributed by atoms with Crippen molar-refractivity contribution in [1.82, 2.24) is 35.1 Å². The number of hydrogen-bond donors (Lipinski definition) is 3. The molecule has 0 aromatic carbocycles. The molecule has 5 rings (SSSR count). The maximum atomic E-state index is 11.9. The van der Waals surface area contributed by atoms with Crippen LogP contribution in [0.2, 0.25) is 0 Å². The number of H-pyrrole nitrogens is 2. The first-order chi connectivity index (χ1) is 15.6. The van der Waals surface area contributed by atoms with Crippen molar-refractivity contribution in [3.63, 3.8) is 0 Å². The summed E-state index contributed by atoms with van der Waals surface area (Å²) in [6.45, 7) is 1.74. The summed E-state index contributed by atoms with van der Waals surface area (Å²) in [6.07, 6.45) is 8.25. The first-order valence-electron chi connectivity index (χ1n) is 9.70. The van der Waals surface area contributed by atoms with Crippen LogP contribution in [-0.4, -0.2) is 41.0 Å². The van der Waals surface area contributed by atoms with E-state index in [1.165, 1.54) is 12.4 Å². The molecule has 0 unspecified atom stereocenters. The summed E-state index contributed by atoms with van der Waals surface area (Å²) in [6, 6.07) is 5.77. The third kappa shape index (κ3) is 3.11. The van der Waals surface area contributed by atoms with Crippen molar-refractivity contribution in [1.29, 1.82) is 5.26 Å². The Morgan fingerprint density at radius 1 is 1.16 bits per heavy atom. The largest absolute Gasteiger partial charge is 0.335 e. The van der Waals surface area contributed by atoms with Crippen molar-refractivity contribution in [2.24, 2.45) is 5.84 Å². The smallest absolute Gasteiger partial charge is 0.240 e. The van der Waals surface area contributed by atoms with Gasteiger partial charge in [-0.3, -0.25) is 19.9 Å². The summed E-state index contributed by atoms with van der Waals surface area (Å²) in [4.78, 5) is 32.4. The number of amides is 1. The molecule has 32 heavy (non-hydrogen) atoms. The van der Waals surface area contributed by atoms with Crippen LogP contribution in [0.5, 0.6) is 0 Å². The lowest BCUT2D eigenvalue weighted by atomic mass is 10.1. The van der Waals surface area contributed by atoms with Crippen molar-refractivity contribution >= 4 is 33.7 Å². The summed E-state index contributed by atoms with van der Waals surface area (Å²) in [5.41, 5.74) is 4.66. The van der Waals surface area contributed by atoms with E-state index >= 15 is 0 Å². The molecule has 0 aliphatic rings. The summed E-state index contributed by atoms with van der Waals surface area (Å²) in [5.74, 6) is 6.18. The van der Waals surface area contributed by atoms with Crippen LogP contribution < -0.4 is 10.9 Å². The Morgan fingerprint density at radius 2 is 1.97 bits per heavy atom. The lowest BCUT2D eigenvalue weighted by molar-refractivity contribution is -0.118. The molecule has 0 saturated heterocycles. The van der Waals surface area contributed by atoms with Crippen molar-refractivity contribution in [2.45, 2.75) is 13.3 Å². The normalized spacial score (nSPS) is 11.0. The number of nitriles is 1. The quantitative estimate of drug-likeness (QED) is 0.225. The van der Waals surface area contributed by atoms with E-state index in [0.717, 1.165) is 21.5 Å². The van der Waals surface area contributed by atoms with Crippen molar-refractivity contribution in [3.05, 3.63) is 48.7 Å². The first kappa shape index (κ1) is 19.3. The van der Waals surface area contributed by atoms with Crippen LogP contribution in [0.3, 0.4) is 0 Å². The molecular weight excluding hydrogens is 408 g/mol. The van der Waals surface area contributed by atoms with Crippen molar-refractivity contribution in [3.8, 4) is 28.7 Å². The third-order valence-corrected chi connectivity index (χ3v) is 5.06. The number of hydrazine groups is 1. The topological polar surface area (TPSA) is 166 Å². The van der Waals surface area contributed by atoms with E-state index in [0.29, 0.717) is 39.4 Å². The van der Waals surface area contributed by atoms with Crippen LogP contribution in [0.4, 0.5) is 5.69 Å². The summed E-state index contributed by atoms with van der Waals surface area (Å²) >= 11 is 0. The number of aromatic nitrogens is 7. The number of carbonyl (C=O) groups is 1. The van der Waals surface area contributed by atoms with Gasteiger partial charge in [0.25, 0.3) is 0 Å². The van der Waals surface area contributed by atoms with Gasteiger partial charge < -0.3 is 4.98 Å². The van der Waals surface area contributed by atoms with Gasteiger partial charge in [0, 0.05) is 36.1 Å². The molecule has 11 heteroatoms. The molecule has 0 aliphatic carbocycles. The third-order valence-electron chi connectivity index (χ3n) is 5.06. The number of pyridine rings is 3. The molecule has 0 atom stereocenters. The van der Waals surface area contributed by atoms with E-state index in [1.807, 2.05) is 6.07 Å². The SMILES string of the molecule is CCC(=O)N(N)c1cncc(-c2cnc3[nH]nc(-c4nc5c(C#N)cncc5[nH]4)c3c2)c1. The highest BCUT2D eigenvalue weighted by molar-refractivity contribution is 5.95. The van der Waals surface area contributed by atoms with Gasteiger partial charge in [-0.1, -0.05) is 6.92 Å². The fraction of sp³-hybridized carbons (Fsp3) is 0.0952. The lowest BCUT2D eigenvalue weighted by Crippen LogP contribution is -2.36. The molecule has 0 fully saturated rings. The average Bonchev–Trinajstić information content (AvgIpc) is 3.46. The van der Waals surface area contributed by atoms with E-state index in [1.54, 1.807) is 31.6 Å². The van der Waals surface area contributed by atoms with Gasteiger partial charge in [-0.25, -0.2) is 20.8 Å². The van der Waals surface area contributed by atoms with Crippen LogP contribution in [0, 0.1) is 11.3 Å². The Bertz CT molecular complexity index is 1530. The highest BCUT2D eigenvalue weighted by Gasteiger charge is 2.17. The van der Waals surface area contributed by atoms with Gasteiger partial charge in [0.2, 0.25) is 5.91 Å². The zero-order valence-corrected chi connectivity index (χ0v) is 16.9. The minimum absolute atomic E-state index is 0.217. The molecule has 0 radical (unpaired) electrons. The Hall–Kier alpha value is -4.69. The van der Waals surface area contributed by atoms with Crippen molar-refractivity contribution < 1.29 is 4.79 Å². The number of aromatic amines is 2. The molecule has 5 aromatic rings. The van der Waals surface area contributed by atoms with Gasteiger partial charge in [-0.05, 0) is 12.1 Å². The lowest BCUT2D eigenvalue weighted by Gasteiger charge is -2.16. The fourth-order valence-corrected chi connectivity index (χ4v) is 3.40. The summed E-state index contributed by atoms with van der Waals surface area (Å²) in [7, 11) is 0. The minimum Gasteiger partial charge on any atom is -0.335 e. The van der Waals surface area contributed by atoms with Gasteiger partial charge in [0.05, 0.1) is 34.5 Å². The molecule has 1 amide bonds. The first-order valence-corrected chi connectivity index (χ1v) is 9.70. The maximum Gasteiger partial charge on any atom is 0.240 e. The van der Waals surface area contributed by atoms with E-state index in [9.17, 15) is 10.1 Å². The molecule has 5 heterocycles. The average molecular weight is 424 g/mol. The second-order valence-corrected chi connectivity index (χ2v) is 7.02. The standard InChI is InChI=1S/C21H16N10O/c1-2-17(32)31(23)14-3-11(6-24-9-14)12-4-15-19(29-30-20(15)26-8-12)21-27-16-10-25-7-13(5-22)18(16)28-21/h3-4,6-10H,2,23H2,1H3,(H,27,28)(H,26,29,30). The van der Waals surface area contributed by atoms with Gasteiger partial charge in [0.1, 0.15) is 17.3 Å². The van der Waals surface area contributed by atoms with Crippen LogP contribution in [-0.2, 0) is 4.79 Å². The van der Waals surface area contributed by atoms with Crippen molar-refractivity contribution in [2.75, 3.05) is 5.01 Å². The highest BCUT2D eigenvalue weighted by Crippen LogP contribution is 2.30. The molecular formula is C21H16N10O. The van der Waals surface area contributed by atoms with E-state index < -0.39 is 0 Å². The number of nitrogens with two attached hydrogens (primary N) is 1. The number of rotatable bonds is 4. The summed E-state index contributed by atoms with van der Waals surface area (Å²) in [5, 5.41) is 18.4. The zero-order chi connectivity index (χ0) is 22.2. The molecule has 0 saturated carbocycles. The maximum absolute atomic E-state index is 11.9. The Kier molecular flexibility index (Phi) is 4.54. The fourth-order valence-electron chi connectivity index (χ4n) is 3.40. The van der Waals surface area contributed by atoms with Gasteiger partial charge >= 0.3 is 0 Å². The predicted molar refractivity (Wildman–Crippen MR) is 117 cm³/mol. The molecule has 156 valence electrons. The van der Waals surface area contributed by atoms with Gasteiger partial charge in [0.15, 0.2) is 11.5 Å².